The van der Waals surface area contributed by atoms with Crippen LogP contribution in [-0.2, 0) is 0 Å². The molecule has 0 aromatic heterocycles. The maximum atomic E-state index is 5.10. The van der Waals surface area contributed by atoms with E-state index in [-0.39, 0.29) is 0 Å². The lowest BCUT2D eigenvalue weighted by atomic mass is 10.7. The van der Waals surface area contributed by atoms with Crippen molar-refractivity contribution < 1.29 is 0 Å². The first-order valence-electron chi connectivity index (χ1n) is 1.34. The van der Waals surface area contributed by atoms with Crippen molar-refractivity contribution in [2.24, 2.45) is 5.73 Å². The minimum absolute atomic E-state index is 0.352. The van der Waals surface area contributed by atoms with Crippen molar-refractivity contribution in [3.63, 3.8) is 0 Å². The molecule has 0 bridgehead atoms. The Morgan fingerprint density at radius 1 is 2.00 bits per heavy atom. The topological polar surface area (TPSA) is 26.0 Å². The van der Waals surface area contributed by atoms with Crippen LogP contribution in [-0.4, -0.2) is 0 Å². The summed E-state index contributed by atoms with van der Waals surface area (Å²) >= 11 is 5.10. The van der Waals surface area contributed by atoms with Gasteiger partial charge in [0.05, 0.1) is 5.16 Å². The second-order valence-electron chi connectivity index (χ2n) is 0.674. The number of hydrogen-bond acceptors (Lipinski definition) is 1. The first-order chi connectivity index (χ1) is 2.27. The summed E-state index contributed by atoms with van der Waals surface area (Å²) in [5.74, 6) is 0. The Bertz CT molecular complexity index is 44.9. The van der Waals surface area contributed by atoms with Gasteiger partial charge in [-0.2, -0.15) is 0 Å². The summed E-state index contributed by atoms with van der Waals surface area (Å²) < 4.78 is 0. The quantitative estimate of drug-likeness (QED) is 0.443. The van der Waals surface area contributed by atoms with Crippen LogP contribution in [0.15, 0.2) is 11.2 Å². The third-order valence-electron chi connectivity index (χ3n) is 0.276. The van der Waals surface area contributed by atoms with Crippen LogP contribution in [0.3, 0.4) is 0 Å². The average molecular weight is 91.5 g/mol. The van der Waals surface area contributed by atoms with Gasteiger partial charge in [-0.3, -0.25) is 0 Å². The predicted octanol–water partition coefficient (Wildman–Crippen LogP) is 1.05. The van der Waals surface area contributed by atoms with Gasteiger partial charge in [-0.25, -0.2) is 0 Å². The summed E-state index contributed by atoms with van der Waals surface area (Å²) in [5.41, 5.74) is 4.92. The standard InChI is InChI=1S/C3H6ClN/c1-2-3(4)5/h2H,5H2,1H3/b3-2-. The fourth-order valence-corrected chi connectivity index (χ4v) is 0. The van der Waals surface area contributed by atoms with E-state index in [1.807, 2.05) is 0 Å². The van der Waals surface area contributed by atoms with E-state index in [4.69, 9.17) is 17.3 Å². The molecule has 0 atom stereocenters. The number of nitrogens with two attached hydrogens (primary N) is 1. The molecule has 30 valence electrons. The third-order valence-corrected chi connectivity index (χ3v) is 0.494. The van der Waals surface area contributed by atoms with E-state index in [2.05, 4.69) is 0 Å². The van der Waals surface area contributed by atoms with Crippen molar-refractivity contribution in [3.8, 4) is 0 Å². The minimum atomic E-state index is 0.352. The van der Waals surface area contributed by atoms with E-state index in [0.29, 0.717) is 5.16 Å². The van der Waals surface area contributed by atoms with E-state index in [1.165, 1.54) is 0 Å². The van der Waals surface area contributed by atoms with Crippen molar-refractivity contribution in [1.82, 2.24) is 0 Å². The molecule has 0 aliphatic carbocycles. The van der Waals surface area contributed by atoms with Crippen LogP contribution in [0.5, 0.6) is 0 Å². The fourth-order valence-electron chi connectivity index (χ4n) is 0. The Morgan fingerprint density at radius 2 is 2.20 bits per heavy atom. The molecule has 0 amide bonds. The van der Waals surface area contributed by atoms with Crippen LogP contribution in [0, 0.1) is 0 Å². The number of allylic oxidation sites excluding steroid dienone is 1. The van der Waals surface area contributed by atoms with Gasteiger partial charge in [0.25, 0.3) is 0 Å². The maximum Gasteiger partial charge on any atom is 0.0948 e. The van der Waals surface area contributed by atoms with Gasteiger partial charge in [0.15, 0.2) is 0 Å². The summed E-state index contributed by atoms with van der Waals surface area (Å²) in [6, 6.07) is 0. The van der Waals surface area contributed by atoms with E-state index in [9.17, 15) is 0 Å². The van der Waals surface area contributed by atoms with Crippen molar-refractivity contribution in [3.05, 3.63) is 11.2 Å². The molecule has 0 unspecified atom stereocenters. The lowest BCUT2D eigenvalue weighted by Crippen LogP contribution is -1.82. The summed E-state index contributed by atoms with van der Waals surface area (Å²) in [6.07, 6.45) is 1.63. The van der Waals surface area contributed by atoms with Crippen molar-refractivity contribution in [2.45, 2.75) is 6.92 Å². The first-order valence-corrected chi connectivity index (χ1v) is 1.72. The van der Waals surface area contributed by atoms with Gasteiger partial charge in [0.2, 0.25) is 0 Å². The molecule has 0 spiro atoms. The Hall–Kier alpha value is -0.170. The summed E-state index contributed by atoms with van der Waals surface area (Å²) in [7, 11) is 0. The molecule has 0 heterocycles. The Morgan fingerprint density at radius 3 is 2.20 bits per heavy atom. The third kappa shape index (κ3) is 3.83. The molecule has 0 saturated heterocycles. The van der Waals surface area contributed by atoms with Crippen LogP contribution in [0.4, 0.5) is 0 Å². The summed E-state index contributed by atoms with van der Waals surface area (Å²) in [5, 5.41) is 0.352. The SMILES string of the molecule is C/C=C(\N)Cl. The zero-order valence-electron chi connectivity index (χ0n) is 3.03. The Labute approximate surface area is 36.4 Å². The molecule has 0 saturated carbocycles. The zero-order valence-corrected chi connectivity index (χ0v) is 3.79. The first kappa shape index (κ1) is 4.83. The maximum absolute atomic E-state index is 5.10. The van der Waals surface area contributed by atoms with Crippen LogP contribution in [0.2, 0.25) is 0 Å². The van der Waals surface area contributed by atoms with Crippen LogP contribution >= 0.6 is 11.6 Å². The van der Waals surface area contributed by atoms with E-state index in [1.54, 1.807) is 13.0 Å². The number of rotatable bonds is 0. The molecule has 0 aliphatic rings. The highest BCUT2D eigenvalue weighted by Gasteiger charge is 1.64. The monoisotopic (exact) mass is 91.0 g/mol. The van der Waals surface area contributed by atoms with Crippen molar-refractivity contribution in [1.29, 1.82) is 0 Å². The number of halogens is 1. The molecule has 0 radical (unpaired) electrons. The van der Waals surface area contributed by atoms with Gasteiger partial charge in [-0.1, -0.05) is 17.7 Å². The summed E-state index contributed by atoms with van der Waals surface area (Å²) in [4.78, 5) is 0. The highest BCUT2D eigenvalue weighted by atomic mass is 35.5. The van der Waals surface area contributed by atoms with Crippen molar-refractivity contribution in [2.75, 3.05) is 0 Å². The van der Waals surface area contributed by atoms with E-state index in [0.717, 1.165) is 0 Å². The van der Waals surface area contributed by atoms with Crippen LogP contribution < -0.4 is 5.73 Å². The molecule has 0 aromatic rings. The summed E-state index contributed by atoms with van der Waals surface area (Å²) in [6.45, 7) is 1.78. The lowest BCUT2D eigenvalue weighted by molar-refractivity contribution is 1.49. The van der Waals surface area contributed by atoms with Gasteiger partial charge in [0.1, 0.15) is 0 Å². The molecule has 2 heteroatoms. The largest absolute Gasteiger partial charge is 0.390 e. The second-order valence-corrected chi connectivity index (χ2v) is 1.11. The normalized spacial score (nSPS) is 12.0. The molecular weight excluding hydrogens is 85.5 g/mol. The highest BCUT2D eigenvalue weighted by Crippen LogP contribution is 1.84. The zero-order chi connectivity index (χ0) is 4.28. The lowest BCUT2D eigenvalue weighted by Gasteiger charge is -1.72. The number of hydrogen-bond donors (Lipinski definition) is 1. The van der Waals surface area contributed by atoms with Gasteiger partial charge < -0.3 is 5.73 Å². The van der Waals surface area contributed by atoms with Crippen molar-refractivity contribution >= 4 is 11.6 Å². The molecule has 5 heavy (non-hydrogen) atoms. The minimum Gasteiger partial charge on any atom is -0.390 e. The van der Waals surface area contributed by atoms with Crippen LogP contribution in [0.25, 0.3) is 0 Å². The molecule has 0 fully saturated rings. The molecule has 0 aromatic carbocycles. The Balaban J connectivity index is 3.14. The highest BCUT2D eigenvalue weighted by molar-refractivity contribution is 6.28. The molecule has 1 nitrogen and oxygen atoms in total. The van der Waals surface area contributed by atoms with Gasteiger partial charge >= 0.3 is 0 Å². The smallest absolute Gasteiger partial charge is 0.0948 e. The molecule has 0 aliphatic heterocycles. The fraction of sp³-hybridized carbons (Fsp3) is 0.333. The Kier molecular flexibility index (Phi) is 2.02. The predicted molar refractivity (Wildman–Crippen MR) is 23.8 cm³/mol. The van der Waals surface area contributed by atoms with Gasteiger partial charge in [0, 0.05) is 0 Å². The molecule has 2 N–H and O–H groups in total. The molecule has 0 rings (SSSR count). The van der Waals surface area contributed by atoms with E-state index >= 15 is 0 Å². The second kappa shape index (κ2) is 2.09. The van der Waals surface area contributed by atoms with Crippen LogP contribution in [0.1, 0.15) is 6.92 Å². The van der Waals surface area contributed by atoms with Gasteiger partial charge in [-0.15, -0.1) is 0 Å². The van der Waals surface area contributed by atoms with Gasteiger partial charge in [-0.05, 0) is 6.92 Å². The molecular formula is C3H6ClN. The average Bonchev–Trinajstić information content (AvgIpc) is 1.38. The van der Waals surface area contributed by atoms with E-state index < -0.39 is 0 Å².